The number of rotatable bonds is 28. The molecule has 0 unspecified atom stereocenters. The molecule has 0 spiro atoms. The maximum atomic E-state index is 2.60. The smallest absolute Gasteiger partial charge is 0.0362 e. The molecule has 60 heavy (non-hydrogen) atoms. The normalized spacial score (nSPS) is 12.2. The summed E-state index contributed by atoms with van der Waals surface area (Å²) in [6.07, 6.45) is 37.7. The molecule has 0 bridgehead atoms. The predicted octanol–water partition coefficient (Wildman–Crippen LogP) is 20.3. The summed E-state index contributed by atoms with van der Waals surface area (Å²) >= 11 is 4.02. The van der Waals surface area contributed by atoms with Gasteiger partial charge < -0.3 is 0 Å². The van der Waals surface area contributed by atoms with Crippen LogP contribution < -0.4 is 0 Å². The minimum absolute atomic E-state index is 1.23. The van der Waals surface area contributed by atoms with E-state index in [-0.39, 0.29) is 0 Å². The van der Waals surface area contributed by atoms with E-state index in [0.29, 0.717) is 0 Å². The lowest BCUT2D eigenvalue weighted by Crippen LogP contribution is -1.97. The van der Waals surface area contributed by atoms with Crippen LogP contribution in [0.15, 0.2) is 60.7 Å². The molecule has 0 fully saturated rings. The molecule has 0 amide bonds. The molecule has 0 N–H and O–H groups in total. The van der Waals surface area contributed by atoms with Gasteiger partial charge in [-0.1, -0.05) is 180 Å². The summed E-state index contributed by atoms with van der Waals surface area (Å²) in [7, 11) is 0. The Kier molecular flexibility index (Phi) is 17.7. The summed E-state index contributed by atoms with van der Waals surface area (Å²) in [6.45, 7) is 9.28. The molecule has 2 aromatic heterocycles. The van der Waals surface area contributed by atoms with Crippen LogP contribution in [0.2, 0.25) is 0 Å². The molecule has 0 nitrogen and oxygen atoms in total. The molecule has 0 aliphatic rings. The van der Waals surface area contributed by atoms with Crippen LogP contribution in [0.4, 0.5) is 0 Å². The zero-order chi connectivity index (χ0) is 41.5. The largest absolute Gasteiger partial charge is 0.135 e. The number of unbranched alkanes of at least 4 members (excludes halogenated alkanes) is 20. The zero-order valence-electron chi connectivity index (χ0n) is 38.4. The van der Waals surface area contributed by atoms with Crippen molar-refractivity contribution in [1.29, 1.82) is 0 Å². The second-order valence-electron chi connectivity index (χ2n) is 18.8. The maximum absolute atomic E-state index is 2.60. The lowest BCUT2D eigenvalue weighted by Gasteiger charge is -2.13. The molecule has 322 valence electrons. The first-order chi connectivity index (χ1) is 29.6. The van der Waals surface area contributed by atoms with Crippen molar-refractivity contribution in [3.8, 4) is 0 Å². The van der Waals surface area contributed by atoms with Gasteiger partial charge in [-0.25, -0.2) is 0 Å². The molecule has 2 heterocycles. The number of hydrogen-bond donors (Lipinski definition) is 0. The van der Waals surface area contributed by atoms with Gasteiger partial charge in [-0.15, -0.1) is 22.7 Å². The molecule has 7 aromatic rings. The molecule has 0 aliphatic heterocycles. The molecule has 2 heteroatoms. The SMILES string of the molecule is CCCCCCCCc1cc2cc3sc4cc5c(cc4c3cc2cc1CCCCCCCC)sc1cc2cc(CCCCCCCC)c(CCCCCCCC)cc2cc15. The highest BCUT2D eigenvalue weighted by atomic mass is 32.1. The Hall–Kier alpha value is -2.94. The van der Waals surface area contributed by atoms with E-state index in [4.69, 9.17) is 0 Å². The van der Waals surface area contributed by atoms with E-state index in [0.717, 1.165) is 0 Å². The van der Waals surface area contributed by atoms with Crippen molar-refractivity contribution >= 4 is 84.6 Å². The molecule has 0 atom stereocenters. The van der Waals surface area contributed by atoms with Crippen molar-refractivity contribution < 1.29 is 0 Å². The van der Waals surface area contributed by atoms with Gasteiger partial charge in [-0.3, -0.25) is 0 Å². The summed E-state index contributed by atoms with van der Waals surface area (Å²) in [6, 6.07) is 25.6. The third kappa shape index (κ3) is 11.7. The van der Waals surface area contributed by atoms with Gasteiger partial charge in [0.2, 0.25) is 0 Å². The summed E-state index contributed by atoms with van der Waals surface area (Å²) in [4.78, 5) is 0. The highest BCUT2D eigenvalue weighted by Gasteiger charge is 2.15. The lowest BCUT2D eigenvalue weighted by atomic mass is 9.92. The van der Waals surface area contributed by atoms with E-state index >= 15 is 0 Å². The van der Waals surface area contributed by atoms with Crippen molar-refractivity contribution in [2.75, 3.05) is 0 Å². The Labute approximate surface area is 372 Å². The minimum Gasteiger partial charge on any atom is -0.135 e. The second-order valence-corrected chi connectivity index (χ2v) is 20.9. The first-order valence-corrected chi connectivity index (χ1v) is 27.0. The van der Waals surface area contributed by atoms with Crippen LogP contribution >= 0.6 is 22.7 Å². The first-order valence-electron chi connectivity index (χ1n) is 25.3. The standard InChI is InChI=1S/C58H78S2/c1-5-9-13-17-21-25-29-43-33-47-37-51-53-41-58-54(42-57(53)59-55(51)39-49(47)35-45(43)31-27-23-19-15-11-7-3)52-38-48-34-44(30-26-22-18-14-10-6-2)46(32-28-24-20-16-12-8-4)36-50(48)40-56(52)60-58/h33-42H,5-32H2,1-4H3. The van der Waals surface area contributed by atoms with Crippen LogP contribution in [-0.4, -0.2) is 0 Å². The van der Waals surface area contributed by atoms with E-state index in [9.17, 15) is 0 Å². The highest BCUT2D eigenvalue weighted by Crippen LogP contribution is 2.44. The number of thiophene rings is 2. The van der Waals surface area contributed by atoms with Crippen molar-refractivity contribution in [2.24, 2.45) is 0 Å². The predicted molar refractivity (Wildman–Crippen MR) is 276 cm³/mol. The summed E-state index contributed by atoms with van der Waals surface area (Å²) in [5.74, 6) is 0. The molecule has 0 radical (unpaired) electrons. The molecule has 7 rings (SSSR count). The fourth-order valence-corrected chi connectivity index (χ4v) is 12.5. The second kappa shape index (κ2) is 23.5. The van der Waals surface area contributed by atoms with Crippen molar-refractivity contribution in [2.45, 2.75) is 207 Å². The van der Waals surface area contributed by atoms with E-state index in [1.165, 1.54) is 242 Å². The topological polar surface area (TPSA) is 0 Å². The van der Waals surface area contributed by atoms with Gasteiger partial charge >= 0.3 is 0 Å². The van der Waals surface area contributed by atoms with Crippen molar-refractivity contribution in [3.63, 3.8) is 0 Å². The van der Waals surface area contributed by atoms with Gasteiger partial charge in [-0.05, 0) is 132 Å². The summed E-state index contributed by atoms with van der Waals surface area (Å²) in [5, 5.41) is 11.5. The van der Waals surface area contributed by atoms with Crippen molar-refractivity contribution in [1.82, 2.24) is 0 Å². The third-order valence-corrected chi connectivity index (χ3v) is 16.0. The maximum Gasteiger partial charge on any atom is 0.0362 e. The average Bonchev–Trinajstić information content (AvgIpc) is 3.78. The molecule has 5 aromatic carbocycles. The highest BCUT2D eigenvalue weighted by molar-refractivity contribution is 7.27. The van der Waals surface area contributed by atoms with Gasteiger partial charge in [0.1, 0.15) is 0 Å². The van der Waals surface area contributed by atoms with Crippen LogP contribution in [0.1, 0.15) is 204 Å². The van der Waals surface area contributed by atoms with Crippen LogP contribution in [0.25, 0.3) is 61.9 Å². The molecule has 0 saturated heterocycles. The Morgan fingerprint density at radius 2 is 0.483 bits per heavy atom. The molecule has 0 aliphatic carbocycles. The Morgan fingerprint density at radius 1 is 0.250 bits per heavy atom. The van der Waals surface area contributed by atoms with E-state index in [2.05, 4.69) is 88.4 Å². The van der Waals surface area contributed by atoms with Crippen LogP contribution in [0.5, 0.6) is 0 Å². The van der Waals surface area contributed by atoms with Gasteiger partial charge in [0.25, 0.3) is 0 Å². The zero-order valence-corrected chi connectivity index (χ0v) is 40.0. The Morgan fingerprint density at radius 3 is 0.783 bits per heavy atom. The summed E-state index contributed by atoms with van der Waals surface area (Å²) < 4.78 is 5.75. The minimum atomic E-state index is 1.23. The lowest BCUT2D eigenvalue weighted by molar-refractivity contribution is 0.599. The Balaban J connectivity index is 1.18. The van der Waals surface area contributed by atoms with E-state index < -0.39 is 0 Å². The van der Waals surface area contributed by atoms with Crippen molar-refractivity contribution in [3.05, 3.63) is 82.9 Å². The average molecular weight is 839 g/mol. The van der Waals surface area contributed by atoms with Crippen LogP contribution in [0.3, 0.4) is 0 Å². The molecule has 0 saturated carbocycles. The summed E-state index contributed by atoms with van der Waals surface area (Å²) in [5.41, 5.74) is 6.48. The van der Waals surface area contributed by atoms with Crippen LogP contribution in [-0.2, 0) is 25.7 Å². The van der Waals surface area contributed by atoms with E-state index in [1.807, 2.05) is 22.7 Å². The third-order valence-electron chi connectivity index (χ3n) is 13.8. The fourth-order valence-electron chi connectivity index (χ4n) is 10.1. The number of fused-ring (bicyclic) bond motifs is 8. The monoisotopic (exact) mass is 839 g/mol. The number of hydrogen-bond acceptors (Lipinski definition) is 2. The number of aryl methyl sites for hydroxylation is 4. The Bertz CT molecular complexity index is 2230. The van der Waals surface area contributed by atoms with E-state index in [1.54, 1.807) is 22.3 Å². The van der Waals surface area contributed by atoms with Gasteiger partial charge in [0.05, 0.1) is 0 Å². The molecular weight excluding hydrogens is 761 g/mol. The molecular formula is C58H78S2. The quantitative estimate of drug-likeness (QED) is 0.0431. The van der Waals surface area contributed by atoms with Gasteiger partial charge in [-0.2, -0.15) is 0 Å². The number of benzene rings is 5. The van der Waals surface area contributed by atoms with Gasteiger partial charge in [0.15, 0.2) is 0 Å². The first kappa shape index (κ1) is 45.1. The van der Waals surface area contributed by atoms with Crippen LogP contribution in [0, 0.1) is 0 Å². The fraction of sp³-hybridized carbons (Fsp3) is 0.552. The van der Waals surface area contributed by atoms with Gasteiger partial charge in [0, 0.05) is 40.3 Å².